The normalized spacial score (nSPS) is 11.6. The van der Waals surface area contributed by atoms with Gasteiger partial charge in [-0.15, -0.1) is 10.2 Å². The van der Waals surface area contributed by atoms with Gasteiger partial charge in [0.2, 0.25) is 0 Å². The Bertz CT molecular complexity index is 590. The van der Waals surface area contributed by atoms with Gasteiger partial charge >= 0.3 is 6.18 Å². The van der Waals surface area contributed by atoms with Gasteiger partial charge in [-0.2, -0.15) is 13.2 Å². The van der Waals surface area contributed by atoms with Crippen molar-refractivity contribution in [2.75, 3.05) is 0 Å². The first kappa shape index (κ1) is 14.4. The average molecular weight is 326 g/mol. The lowest BCUT2D eigenvalue weighted by atomic mass is 10.3. The molecule has 0 bridgehead atoms. The van der Waals surface area contributed by atoms with Crippen LogP contribution >= 0.6 is 35.0 Å². The van der Waals surface area contributed by atoms with E-state index in [0.29, 0.717) is 9.92 Å². The number of aromatic nitrogens is 3. The highest BCUT2D eigenvalue weighted by molar-refractivity contribution is 7.99. The van der Waals surface area contributed by atoms with Crippen LogP contribution in [0.4, 0.5) is 13.2 Å². The molecule has 0 aromatic carbocycles. The minimum atomic E-state index is -4.41. The van der Waals surface area contributed by atoms with E-state index in [1.165, 1.54) is 12.1 Å². The van der Waals surface area contributed by atoms with Gasteiger partial charge in [0.25, 0.3) is 0 Å². The van der Waals surface area contributed by atoms with Crippen LogP contribution in [-0.2, 0) is 6.18 Å². The molecule has 0 aliphatic carbocycles. The summed E-state index contributed by atoms with van der Waals surface area (Å²) in [5, 5.41) is 7.71. The maximum atomic E-state index is 12.4. The Labute approximate surface area is 120 Å². The molecular formula is C10H4Cl2F3N3S. The molecule has 100 valence electrons. The highest BCUT2D eigenvalue weighted by Crippen LogP contribution is 2.34. The van der Waals surface area contributed by atoms with Crippen molar-refractivity contribution in [2.24, 2.45) is 0 Å². The number of rotatable bonds is 2. The maximum absolute atomic E-state index is 12.4. The molecule has 0 N–H and O–H groups in total. The first-order chi connectivity index (χ1) is 8.86. The van der Waals surface area contributed by atoms with Gasteiger partial charge in [0.15, 0.2) is 10.3 Å². The second-order valence-electron chi connectivity index (χ2n) is 3.31. The Hall–Kier alpha value is -1.05. The van der Waals surface area contributed by atoms with E-state index in [-0.39, 0.29) is 10.3 Å². The maximum Gasteiger partial charge on any atom is 0.417 e. The van der Waals surface area contributed by atoms with Crippen molar-refractivity contribution in [1.29, 1.82) is 0 Å². The molecule has 0 spiro atoms. The molecule has 0 amide bonds. The summed E-state index contributed by atoms with van der Waals surface area (Å²) in [6.45, 7) is 0. The van der Waals surface area contributed by atoms with E-state index in [0.717, 1.165) is 24.0 Å². The van der Waals surface area contributed by atoms with Crippen LogP contribution in [0.3, 0.4) is 0 Å². The van der Waals surface area contributed by atoms with E-state index in [2.05, 4.69) is 15.2 Å². The van der Waals surface area contributed by atoms with Gasteiger partial charge < -0.3 is 0 Å². The van der Waals surface area contributed by atoms with Crippen LogP contribution in [-0.4, -0.2) is 15.2 Å². The van der Waals surface area contributed by atoms with Gasteiger partial charge in [-0.1, -0.05) is 35.0 Å². The van der Waals surface area contributed by atoms with E-state index in [1.807, 2.05) is 0 Å². The highest BCUT2D eigenvalue weighted by Gasteiger charge is 2.30. The number of hydrogen-bond acceptors (Lipinski definition) is 4. The third-order valence-electron chi connectivity index (χ3n) is 1.97. The zero-order valence-corrected chi connectivity index (χ0v) is 11.3. The van der Waals surface area contributed by atoms with Crippen molar-refractivity contribution < 1.29 is 13.2 Å². The largest absolute Gasteiger partial charge is 0.417 e. The molecule has 2 heterocycles. The van der Waals surface area contributed by atoms with Crippen LogP contribution in [0.15, 0.2) is 34.3 Å². The lowest BCUT2D eigenvalue weighted by Crippen LogP contribution is -2.05. The van der Waals surface area contributed by atoms with E-state index in [4.69, 9.17) is 23.2 Å². The second kappa shape index (κ2) is 5.52. The van der Waals surface area contributed by atoms with Gasteiger partial charge in [0.05, 0.1) is 10.5 Å². The average Bonchev–Trinajstić information content (AvgIpc) is 2.33. The summed E-state index contributed by atoms with van der Waals surface area (Å²) in [5.74, 6) is 0. The predicted molar refractivity (Wildman–Crippen MR) is 65.4 cm³/mol. The van der Waals surface area contributed by atoms with Crippen LogP contribution in [0.2, 0.25) is 10.3 Å². The van der Waals surface area contributed by atoms with Crippen LogP contribution in [0.5, 0.6) is 0 Å². The molecule has 0 fully saturated rings. The van der Waals surface area contributed by atoms with Crippen molar-refractivity contribution in [3.05, 3.63) is 40.3 Å². The van der Waals surface area contributed by atoms with Gasteiger partial charge in [0, 0.05) is 6.20 Å². The van der Waals surface area contributed by atoms with Crippen molar-refractivity contribution in [3.8, 4) is 0 Å². The van der Waals surface area contributed by atoms with E-state index in [1.54, 1.807) is 0 Å². The van der Waals surface area contributed by atoms with Gasteiger partial charge in [-0.3, -0.25) is 0 Å². The van der Waals surface area contributed by atoms with Gasteiger partial charge in [-0.25, -0.2) is 4.98 Å². The van der Waals surface area contributed by atoms with Crippen LogP contribution < -0.4 is 0 Å². The summed E-state index contributed by atoms with van der Waals surface area (Å²) in [7, 11) is 0. The van der Waals surface area contributed by atoms with E-state index >= 15 is 0 Å². The Morgan fingerprint density at radius 3 is 2.42 bits per heavy atom. The Morgan fingerprint density at radius 2 is 1.84 bits per heavy atom. The van der Waals surface area contributed by atoms with Crippen molar-refractivity contribution in [1.82, 2.24) is 15.2 Å². The first-order valence-electron chi connectivity index (χ1n) is 4.76. The Kier molecular flexibility index (Phi) is 4.17. The van der Waals surface area contributed by atoms with Crippen LogP contribution in [0, 0.1) is 0 Å². The van der Waals surface area contributed by atoms with Crippen LogP contribution in [0.1, 0.15) is 5.56 Å². The summed E-state index contributed by atoms with van der Waals surface area (Å²) in [5.41, 5.74) is -0.811. The molecule has 0 aliphatic rings. The molecule has 0 atom stereocenters. The Morgan fingerprint density at radius 1 is 1.11 bits per heavy atom. The summed E-state index contributed by atoms with van der Waals surface area (Å²) >= 11 is 12.5. The summed E-state index contributed by atoms with van der Waals surface area (Å²) in [6, 6.07) is 3.65. The molecular weight excluding hydrogens is 322 g/mol. The monoisotopic (exact) mass is 325 g/mol. The predicted octanol–water partition coefficient (Wildman–Crippen LogP) is 4.35. The SMILES string of the molecule is FC(F)(F)c1ccc(Sc2cc(Cl)nnc2Cl)nc1. The van der Waals surface area contributed by atoms with Crippen LogP contribution in [0.25, 0.3) is 0 Å². The zero-order valence-electron chi connectivity index (χ0n) is 8.95. The van der Waals surface area contributed by atoms with Crippen molar-refractivity contribution in [3.63, 3.8) is 0 Å². The Balaban J connectivity index is 2.22. The van der Waals surface area contributed by atoms with Gasteiger partial charge in [0.1, 0.15) is 5.03 Å². The molecule has 2 aromatic heterocycles. The fourth-order valence-corrected chi connectivity index (χ4v) is 2.31. The molecule has 2 aromatic rings. The number of hydrogen-bond donors (Lipinski definition) is 0. The zero-order chi connectivity index (χ0) is 14.0. The minimum absolute atomic E-state index is 0.107. The fourth-order valence-electron chi connectivity index (χ4n) is 1.13. The number of halogens is 5. The third kappa shape index (κ3) is 3.71. The quantitative estimate of drug-likeness (QED) is 0.822. The number of pyridine rings is 1. The number of nitrogens with zero attached hydrogens (tertiary/aromatic N) is 3. The van der Waals surface area contributed by atoms with Crippen molar-refractivity contribution in [2.45, 2.75) is 16.1 Å². The summed E-state index contributed by atoms with van der Waals surface area (Å²) in [4.78, 5) is 4.17. The lowest BCUT2D eigenvalue weighted by Gasteiger charge is -2.07. The fraction of sp³-hybridized carbons (Fsp3) is 0.100. The lowest BCUT2D eigenvalue weighted by molar-refractivity contribution is -0.137. The molecule has 3 nitrogen and oxygen atoms in total. The minimum Gasteiger partial charge on any atom is -0.249 e. The summed E-state index contributed by atoms with van der Waals surface area (Å²) in [6.07, 6.45) is -3.65. The smallest absolute Gasteiger partial charge is 0.249 e. The topological polar surface area (TPSA) is 38.7 Å². The van der Waals surface area contributed by atoms with E-state index < -0.39 is 11.7 Å². The molecule has 0 unspecified atom stereocenters. The molecule has 0 saturated heterocycles. The molecule has 0 radical (unpaired) electrons. The molecule has 9 heteroatoms. The highest BCUT2D eigenvalue weighted by atomic mass is 35.5. The summed E-state index contributed by atoms with van der Waals surface area (Å²) < 4.78 is 37.1. The standard InChI is InChI=1S/C10H4Cl2F3N3S/c11-7-3-6(9(12)18-17-7)19-8-2-1-5(4-16-8)10(13,14)15/h1-4H. The second-order valence-corrected chi connectivity index (χ2v) is 5.11. The number of alkyl halides is 3. The van der Waals surface area contributed by atoms with Crippen molar-refractivity contribution >= 4 is 35.0 Å². The first-order valence-corrected chi connectivity index (χ1v) is 6.33. The molecule has 2 rings (SSSR count). The van der Waals surface area contributed by atoms with Gasteiger partial charge in [-0.05, 0) is 18.2 Å². The molecule has 0 saturated carbocycles. The van der Waals surface area contributed by atoms with E-state index in [9.17, 15) is 13.2 Å². The third-order valence-corrected chi connectivity index (χ3v) is 3.52. The molecule has 0 aliphatic heterocycles. The molecule has 19 heavy (non-hydrogen) atoms.